The van der Waals surface area contributed by atoms with Gasteiger partial charge in [0.15, 0.2) is 6.10 Å². The Bertz CT molecular complexity index is 977. The van der Waals surface area contributed by atoms with Crippen molar-refractivity contribution in [3.05, 3.63) is 51.8 Å². The lowest BCUT2D eigenvalue weighted by Gasteiger charge is -2.14. The molecule has 8 nitrogen and oxygen atoms in total. The first-order chi connectivity index (χ1) is 14.1. The van der Waals surface area contributed by atoms with Crippen molar-refractivity contribution in [1.82, 2.24) is 15.1 Å². The van der Waals surface area contributed by atoms with E-state index in [0.29, 0.717) is 22.1 Å². The van der Waals surface area contributed by atoms with E-state index in [-0.39, 0.29) is 12.5 Å². The fourth-order valence-corrected chi connectivity index (χ4v) is 3.00. The first-order valence-electron chi connectivity index (χ1n) is 9.31. The SMILES string of the molecule is Cc1cccc(C)c1NC(=O)CNC(=O)C(C)OC(=O)/C=C/c1c(C)nn(C)c1Cl. The zero-order chi connectivity index (χ0) is 22.4. The van der Waals surface area contributed by atoms with Gasteiger partial charge in [0.2, 0.25) is 5.91 Å². The minimum atomic E-state index is -1.07. The zero-order valence-electron chi connectivity index (χ0n) is 17.6. The molecule has 30 heavy (non-hydrogen) atoms. The van der Waals surface area contributed by atoms with E-state index in [1.807, 2.05) is 32.0 Å². The minimum absolute atomic E-state index is 0.241. The molecule has 0 aliphatic rings. The maximum absolute atomic E-state index is 12.1. The Morgan fingerprint density at radius 1 is 1.23 bits per heavy atom. The highest BCUT2D eigenvalue weighted by molar-refractivity contribution is 6.31. The van der Waals surface area contributed by atoms with Crippen LogP contribution in [0.4, 0.5) is 5.69 Å². The van der Waals surface area contributed by atoms with Crippen LogP contribution in [-0.2, 0) is 26.2 Å². The molecule has 1 heterocycles. The molecule has 0 aliphatic carbocycles. The molecule has 9 heteroatoms. The van der Waals surface area contributed by atoms with Crippen LogP contribution in [-0.4, -0.2) is 40.2 Å². The van der Waals surface area contributed by atoms with Crippen molar-refractivity contribution in [1.29, 1.82) is 0 Å². The predicted octanol–water partition coefficient (Wildman–Crippen LogP) is 2.70. The van der Waals surface area contributed by atoms with Gasteiger partial charge in [-0.05, 0) is 44.9 Å². The fraction of sp³-hybridized carbons (Fsp3) is 0.333. The van der Waals surface area contributed by atoms with Gasteiger partial charge >= 0.3 is 5.97 Å². The van der Waals surface area contributed by atoms with Crippen molar-refractivity contribution in [2.45, 2.75) is 33.8 Å². The van der Waals surface area contributed by atoms with Crippen LogP contribution >= 0.6 is 11.6 Å². The molecule has 1 atom stereocenters. The number of aromatic nitrogens is 2. The second-order valence-electron chi connectivity index (χ2n) is 6.86. The third kappa shape index (κ3) is 5.93. The number of rotatable bonds is 7. The average Bonchev–Trinajstić information content (AvgIpc) is 2.92. The molecule has 2 amide bonds. The van der Waals surface area contributed by atoms with Gasteiger partial charge in [-0.1, -0.05) is 29.8 Å². The normalized spacial score (nSPS) is 11.9. The molecular formula is C21H25ClN4O4. The molecule has 0 bridgehead atoms. The molecule has 2 rings (SSSR count). The standard InChI is InChI=1S/C21H25ClN4O4/c1-12-7-6-8-13(2)19(12)24-17(27)11-23-21(29)15(4)30-18(28)10-9-16-14(3)25-26(5)20(16)22/h6-10,15H,11H2,1-5H3,(H,23,29)(H,24,27)/b10-9+. The number of benzene rings is 1. The van der Waals surface area contributed by atoms with Crippen LogP contribution < -0.4 is 10.6 Å². The smallest absolute Gasteiger partial charge is 0.331 e. The largest absolute Gasteiger partial charge is 0.449 e. The Labute approximate surface area is 180 Å². The van der Waals surface area contributed by atoms with E-state index in [1.54, 1.807) is 14.0 Å². The number of para-hydroxylation sites is 1. The molecule has 160 valence electrons. The maximum Gasteiger partial charge on any atom is 0.331 e. The summed E-state index contributed by atoms with van der Waals surface area (Å²) in [7, 11) is 1.69. The molecule has 0 aliphatic heterocycles. The first kappa shape index (κ1) is 23.2. The summed E-state index contributed by atoms with van der Waals surface area (Å²) in [6.45, 7) is 6.71. The summed E-state index contributed by atoms with van der Waals surface area (Å²) >= 11 is 6.10. The van der Waals surface area contributed by atoms with Crippen LogP contribution in [0, 0.1) is 20.8 Å². The quantitative estimate of drug-likeness (QED) is 0.517. The summed E-state index contributed by atoms with van der Waals surface area (Å²) in [4.78, 5) is 36.2. The Hall–Kier alpha value is -3.13. The van der Waals surface area contributed by atoms with Gasteiger partial charge in [0, 0.05) is 24.4 Å². The van der Waals surface area contributed by atoms with E-state index < -0.39 is 18.0 Å². The molecule has 2 N–H and O–H groups in total. The number of hydrogen-bond acceptors (Lipinski definition) is 5. The predicted molar refractivity (Wildman–Crippen MR) is 115 cm³/mol. The highest BCUT2D eigenvalue weighted by atomic mass is 35.5. The van der Waals surface area contributed by atoms with E-state index in [0.717, 1.165) is 11.1 Å². The van der Waals surface area contributed by atoms with Gasteiger partial charge < -0.3 is 15.4 Å². The third-order valence-electron chi connectivity index (χ3n) is 4.41. The molecule has 0 saturated heterocycles. The number of nitrogens with one attached hydrogen (secondary N) is 2. The van der Waals surface area contributed by atoms with Crippen molar-refractivity contribution < 1.29 is 19.1 Å². The van der Waals surface area contributed by atoms with Crippen molar-refractivity contribution in [2.24, 2.45) is 7.05 Å². The molecule has 0 radical (unpaired) electrons. The number of aryl methyl sites for hydroxylation is 4. The van der Waals surface area contributed by atoms with Crippen LogP contribution in [0.1, 0.15) is 29.3 Å². The monoisotopic (exact) mass is 432 g/mol. The summed E-state index contributed by atoms with van der Waals surface area (Å²) in [5.74, 6) is -1.66. The molecular weight excluding hydrogens is 408 g/mol. The van der Waals surface area contributed by atoms with Crippen LogP contribution in [0.15, 0.2) is 24.3 Å². The van der Waals surface area contributed by atoms with Crippen molar-refractivity contribution in [2.75, 3.05) is 11.9 Å². The van der Waals surface area contributed by atoms with Gasteiger partial charge in [-0.25, -0.2) is 4.79 Å². The van der Waals surface area contributed by atoms with Gasteiger partial charge in [-0.2, -0.15) is 5.10 Å². The molecule has 1 aromatic heterocycles. The maximum atomic E-state index is 12.1. The Kier molecular flexibility index (Phi) is 7.77. The highest BCUT2D eigenvalue weighted by Gasteiger charge is 2.18. The Morgan fingerprint density at radius 2 is 1.87 bits per heavy atom. The number of esters is 1. The van der Waals surface area contributed by atoms with E-state index in [9.17, 15) is 14.4 Å². The molecule has 0 saturated carbocycles. The van der Waals surface area contributed by atoms with Crippen LogP contribution in [0.2, 0.25) is 5.15 Å². The molecule has 1 unspecified atom stereocenters. The first-order valence-corrected chi connectivity index (χ1v) is 9.69. The summed E-state index contributed by atoms with van der Waals surface area (Å²) in [5.41, 5.74) is 3.81. The van der Waals surface area contributed by atoms with Crippen molar-refractivity contribution in [3.63, 3.8) is 0 Å². The number of carbonyl (C=O) groups excluding carboxylic acids is 3. The number of carbonyl (C=O) groups is 3. The number of hydrogen-bond donors (Lipinski definition) is 2. The van der Waals surface area contributed by atoms with Crippen LogP contribution in [0.25, 0.3) is 6.08 Å². The van der Waals surface area contributed by atoms with Gasteiger partial charge in [-0.15, -0.1) is 0 Å². The Balaban J connectivity index is 1.84. The highest BCUT2D eigenvalue weighted by Crippen LogP contribution is 2.20. The summed E-state index contributed by atoms with van der Waals surface area (Å²) in [5, 5.41) is 9.75. The second-order valence-corrected chi connectivity index (χ2v) is 7.22. The lowest BCUT2D eigenvalue weighted by molar-refractivity contribution is -0.150. The van der Waals surface area contributed by atoms with E-state index in [2.05, 4.69) is 15.7 Å². The Morgan fingerprint density at radius 3 is 2.43 bits per heavy atom. The lowest BCUT2D eigenvalue weighted by Crippen LogP contribution is -2.40. The number of halogens is 1. The topological polar surface area (TPSA) is 102 Å². The van der Waals surface area contributed by atoms with Gasteiger partial charge in [0.25, 0.3) is 5.91 Å². The van der Waals surface area contributed by atoms with Crippen LogP contribution in [0.5, 0.6) is 0 Å². The van der Waals surface area contributed by atoms with E-state index >= 15 is 0 Å². The molecule has 0 spiro atoms. The third-order valence-corrected chi connectivity index (χ3v) is 4.86. The number of anilines is 1. The van der Waals surface area contributed by atoms with Gasteiger partial charge in [0.05, 0.1) is 12.2 Å². The molecule has 2 aromatic rings. The fourth-order valence-electron chi connectivity index (χ4n) is 2.76. The van der Waals surface area contributed by atoms with Crippen molar-refractivity contribution >= 4 is 41.1 Å². The minimum Gasteiger partial charge on any atom is -0.449 e. The summed E-state index contributed by atoms with van der Waals surface area (Å²) in [6.07, 6.45) is 1.59. The summed E-state index contributed by atoms with van der Waals surface area (Å²) < 4.78 is 6.56. The zero-order valence-corrected chi connectivity index (χ0v) is 18.3. The molecule has 1 aromatic carbocycles. The number of amides is 2. The number of nitrogens with zero attached hydrogens (tertiary/aromatic N) is 2. The lowest BCUT2D eigenvalue weighted by atomic mass is 10.1. The van der Waals surface area contributed by atoms with Crippen molar-refractivity contribution in [3.8, 4) is 0 Å². The number of ether oxygens (including phenoxy) is 1. The van der Waals surface area contributed by atoms with Crippen LogP contribution in [0.3, 0.4) is 0 Å². The van der Waals surface area contributed by atoms with E-state index in [1.165, 1.54) is 23.8 Å². The summed E-state index contributed by atoms with van der Waals surface area (Å²) in [6, 6.07) is 5.67. The van der Waals surface area contributed by atoms with Gasteiger partial charge in [0.1, 0.15) is 5.15 Å². The molecule has 0 fully saturated rings. The second kappa shape index (κ2) is 10.1. The van der Waals surface area contributed by atoms with Gasteiger partial charge in [-0.3, -0.25) is 14.3 Å². The van der Waals surface area contributed by atoms with E-state index in [4.69, 9.17) is 16.3 Å². The average molecular weight is 433 g/mol.